The number of rotatable bonds is 3. The number of hydrogen-bond acceptors (Lipinski definition) is 2. The van der Waals surface area contributed by atoms with Crippen LogP contribution in [0.3, 0.4) is 0 Å². The number of hydrogen-bond donors (Lipinski definition) is 1. The summed E-state index contributed by atoms with van der Waals surface area (Å²) < 4.78 is 0. The van der Waals surface area contributed by atoms with E-state index >= 15 is 0 Å². The molecule has 1 aliphatic rings. The van der Waals surface area contributed by atoms with Crippen molar-refractivity contribution in [1.82, 2.24) is 0 Å². The van der Waals surface area contributed by atoms with Gasteiger partial charge in [0.2, 0.25) is 0 Å². The third-order valence-electron chi connectivity index (χ3n) is 4.09. The number of anilines is 1. The van der Waals surface area contributed by atoms with Crippen LogP contribution in [0, 0.1) is 5.92 Å². The fourth-order valence-corrected chi connectivity index (χ4v) is 3.65. The predicted octanol–water partition coefficient (Wildman–Crippen LogP) is 5.41. The summed E-state index contributed by atoms with van der Waals surface area (Å²) in [6.45, 7) is 2.37. The quantitative estimate of drug-likeness (QED) is 0.787. The molecule has 100 valence electrons. The van der Waals surface area contributed by atoms with E-state index < -0.39 is 0 Å². The average Bonchev–Trinajstić information content (AvgIpc) is 2.96. The number of nitrogens with one attached hydrogen (secondary N) is 1. The van der Waals surface area contributed by atoms with Crippen LogP contribution in [0.5, 0.6) is 0 Å². The first kappa shape index (κ1) is 12.7. The minimum Gasteiger partial charge on any atom is -0.382 e. The Morgan fingerprint density at radius 3 is 2.53 bits per heavy atom. The van der Waals surface area contributed by atoms with Crippen LogP contribution in [-0.4, -0.2) is 6.04 Å². The largest absolute Gasteiger partial charge is 0.382 e. The second-order valence-electron chi connectivity index (χ2n) is 5.62. The number of para-hydroxylation sites is 1. The van der Waals surface area contributed by atoms with E-state index in [2.05, 4.69) is 54.0 Å². The molecule has 0 radical (unpaired) electrons. The maximum absolute atomic E-state index is 3.76. The third kappa shape index (κ3) is 3.01. The van der Waals surface area contributed by atoms with E-state index in [9.17, 15) is 0 Å². The van der Waals surface area contributed by atoms with Gasteiger partial charge in [-0.05, 0) is 49.1 Å². The highest BCUT2D eigenvalue weighted by molar-refractivity contribution is 7.13. The van der Waals surface area contributed by atoms with Gasteiger partial charge in [-0.1, -0.05) is 31.2 Å². The second kappa shape index (κ2) is 5.79. The highest BCUT2D eigenvalue weighted by Crippen LogP contribution is 2.33. The van der Waals surface area contributed by atoms with Crippen molar-refractivity contribution in [3.8, 4) is 10.4 Å². The van der Waals surface area contributed by atoms with Gasteiger partial charge in [-0.15, -0.1) is 11.3 Å². The molecular weight excluding hydrogens is 250 g/mol. The van der Waals surface area contributed by atoms with Crippen LogP contribution in [-0.2, 0) is 0 Å². The molecule has 1 aromatic heterocycles. The van der Waals surface area contributed by atoms with E-state index in [1.165, 1.54) is 41.8 Å². The summed E-state index contributed by atoms with van der Waals surface area (Å²) in [7, 11) is 0. The van der Waals surface area contributed by atoms with Crippen LogP contribution in [0.25, 0.3) is 10.4 Å². The zero-order chi connectivity index (χ0) is 13.1. The molecule has 3 rings (SSSR count). The molecule has 0 atom stereocenters. The van der Waals surface area contributed by atoms with Crippen LogP contribution in [0.15, 0.2) is 41.8 Å². The van der Waals surface area contributed by atoms with Gasteiger partial charge in [0.25, 0.3) is 0 Å². The SMILES string of the molecule is CC1CCC(Nc2ccccc2-c2cccs2)CC1. The molecule has 1 aromatic carbocycles. The third-order valence-corrected chi connectivity index (χ3v) is 4.99. The Bertz CT molecular complexity index is 510. The average molecular weight is 271 g/mol. The lowest BCUT2D eigenvalue weighted by Crippen LogP contribution is -2.25. The van der Waals surface area contributed by atoms with Gasteiger partial charge in [0.1, 0.15) is 0 Å². The molecule has 1 nitrogen and oxygen atoms in total. The first-order chi connectivity index (χ1) is 9.33. The fourth-order valence-electron chi connectivity index (χ4n) is 2.88. The second-order valence-corrected chi connectivity index (χ2v) is 6.57. The molecular formula is C17H21NS. The normalized spacial score (nSPS) is 23.2. The summed E-state index contributed by atoms with van der Waals surface area (Å²) in [6, 6.07) is 13.7. The lowest BCUT2D eigenvalue weighted by atomic mass is 9.87. The van der Waals surface area contributed by atoms with Crippen molar-refractivity contribution in [3.63, 3.8) is 0 Å². The Kier molecular flexibility index (Phi) is 3.88. The number of thiophene rings is 1. The van der Waals surface area contributed by atoms with Crippen molar-refractivity contribution in [1.29, 1.82) is 0 Å². The van der Waals surface area contributed by atoms with Crippen molar-refractivity contribution >= 4 is 17.0 Å². The van der Waals surface area contributed by atoms with E-state index in [1.54, 1.807) is 0 Å². The first-order valence-electron chi connectivity index (χ1n) is 7.22. The minimum absolute atomic E-state index is 0.650. The molecule has 0 aliphatic heterocycles. The fraction of sp³-hybridized carbons (Fsp3) is 0.412. The Hall–Kier alpha value is -1.28. The van der Waals surface area contributed by atoms with E-state index in [-0.39, 0.29) is 0 Å². The van der Waals surface area contributed by atoms with Crippen LogP contribution in [0.1, 0.15) is 32.6 Å². The molecule has 0 bridgehead atoms. The Balaban J connectivity index is 1.78. The zero-order valence-corrected chi connectivity index (χ0v) is 12.2. The van der Waals surface area contributed by atoms with Gasteiger partial charge in [0.15, 0.2) is 0 Å². The molecule has 19 heavy (non-hydrogen) atoms. The topological polar surface area (TPSA) is 12.0 Å². The molecule has 2 heteroatoms. The van der Waals surface area contributed by atoms with Gasteiger partial charge >= 0.3 is 0 Å². The Morgan fingerprint density at radius 2 is 1.79 bits per heavy atom. The molecule has 1 N–H and O–H groups in total. The summed E-state index contributed by atoms with van der Waals surface area (Å²) in [6.07, 6.45) is 5.33. The van der Waals surface area contributed by atoms with Gasteiger partial charge in [0.05, 0.1) is 0 Å². The summed E-state index contributed by atoms with van der Waals surface area (Å²) in [5, 5.41) is 5.91. The summed E-state index contributed by atoms with van der Waals surface area (Å²) in [5.74, 6) is 0.908. The lowest BCUT2D eigenvalue weighted by molar-refractivity contribution is 0.361. The van der Waals surface area contributed by atoms with Crippen molar-refractivity contribution < 1.29 is 0 Å². The van der Waals surface area contributed by atoms with Crippen molar-refractivity contribution in [2.45, 2.75) is 38.6 Å². The van der Waals surface area contributed by atoms with Crippen LogP contribution < -0.4 is 5.32 Å². The molecule has 2 aromatic rings. The summed E-state index contributed by atoms with van der Waals surface area (Å²) in [4.78, 5) is 1.35. The predicted molar refractivity (Wildman–Crippen MR) is 84.8 cm³/mol. The first-order valence-corrected chi connectivity index (χ1v) is 8.10. The van der Waals surface area contributed by atoms with Crippen molar-refractivity contribution in [2.75, 3.05) is 5.32 Å². The summed E-state index contributed by atoms with van der Waals surface area (Å²) in [5.41, 5.74) is 2.64. The van der Waals surface area contributed by atoms with Crippen LogP contribution >= 0.6 is 11.3 Å². The van der Waals surface area contributed by atoms with E-state index in [4.69, 9.17) is 0 Å². The standard InChI is InChI=1S/C17H21NS/c1-13-8-10-14(11-9-13)18-16-6-3-2-5-15(16)17-7-4-12-19-17/h2-7,12-14,18H,8-11H2,1H3. The highest BCUT2D eigenvalue weighted by atomic mass is 32.1. The molecule has 1 heterocycles. The highest BCUT2D eigenvalue weighted by Gasteiger charge is 2.18. The smallest absolute Gasteiger partial charge is 0.0430 e. The Morgan fingerprint density at radius 1 is 1.00 bits per heavy atom. The van der Waals surface area contributed by atoms with Crippen molar-refractivity contribution in [2.24, 2.45) is 5.92 Å². The van der Waals surface area contributed by atoms with Gasteiger partial charge < -0.3 is 5.32 Å². The zero-order valence-electron chi connectivity index (χ0n) is 11.4. The van der Waals surface area contributed by atoms with Gasteiger partial charge in [-0.2, -0.15) is 0 Å². The molecule has 1 aliphatic carbocycles. The molecule has 0 spiro atoms. The Labute approximate surface area is 119 Å². The van der Waals surface area contributed by atoms with Gasteiger partial charge in [0, 0.05) is 22.2 Å². The van der Waals surface area contributed by atoms with Crippen molar-refractivity contribution in [3.05, 3.63) is 41.8 Å². The monoisotopic (exact) mass is 271 g/mol. The lowest BCUT2D eigenvalue weighted by Gasteiger charge is -2.28. The van der Waals surface area contributed by atoms with E-state index in [1.807, 2.05) is 11.3 Å². The molecule has 0 amide bonds. The molecule has 1 saturated carbocycles. The molecule has 1 fully saturated rings. The van der Waals surface area contributed by atoms with Crippen LogP contribution in [0.4, 0.5) is 5.69 Å². The minimum atomic E-state index is 0.650. The van der Waals surface area contributed by atoms with E-state index in [0.717, 1.165) is 5.92 Å². The maximum Gasteiger partial charge on any atom is 0.0430 e. The van der Waals surface area contributed by atoms with Crippen LogP contribution in [0.2, 0.25) is 0 Å². The molecule has 0 unspecified atom stereocenters. The maximum atomic E-state index is 3.76. The molecule has 0 saturated heterocycles. The van der Waals surface area contributed by atoms with E-state index in [0.29, 0.717) is 6.04 Å². The van der Waals surface area contributed by atoms with Gasteiger partial charge in [-0.3, -0.25) is 0 Å². The van der Waals surface area contributed by atoms with Gasteiger partial charge in [-0.25, -0.2) is 0 Å². The summed E-state index contributed by atoms with van der Waals surface area (Å²) >= 11 is 1.81. The number of benzene rings is 1.